The number of hydrogen-bond acceptors (Lipinski definition) is 4. The number of aliphatic hydroxyl groups excluding tert-OH is 1. The first kappa shape index (κ1) is 17.2. The third-order valence-electron chi connectivity index (χ3n) is 7.10. The smallest absolute Gasteiger partial charge is 0.240 e. The molecule has 2 aromatic rings. The molecule has 4 N–H and O–H groups in total. The molecule has 3 heterocycles. The van der Waals surface area contributed by atoms with Crippen LogP contribution in [0.2, 0.25) is 0 Å². The molecule has 3 aliphatic rings. The Hall–Kier alpha value is -1.89. The number of carbonyl (C=O) groups excluding carboxylic acids is 1. The number of nitrogens with one attached hydrogen (secondary N) is 3. The Bertz CT molecular complexity index is 863. The second kappa shape index (κ2) is 6.62. The quantitative estimate of drug-likeness (QED) is 0.609. The predicted molar refractivity (Wildman–Crippen MR) is 104 cm³/mol. The molecule has 1 saturated carbocycles. The van der Waals surface area contributed by atoms with Gasteiger partial charge in [0.05, 0.1) is 18.1 Å². The molecule has 5 atom stereocenters. The van der Waals surface area contributed by atoms with Crippen molar-refractivity contribution in [3.8, 4) is 0 Å². The zero-order chi connectivity index (χ0) is 18.5. The van der Waals surface area contributed by atoms with Gasteiger partial charge in [0.2, 0.25) is 5.91 Å². The summed E-state index contributed by atoms with van der Waals surface area (Å²) in [6, 6.07) is 8.86. The van der Waals surface area contributed by atoms with Crippen molar-refractivity contribution < 1.29 is 9.90 Å². The number of para-hydroxylation sites is 1. The summed E-state index contributed by atoms with van der Waals surface area (Å²) >= 11 is 0. The number of aromatic nitrogens is 1. The van der Waals surface area contributed by atoms with Crippen LogP contribution in [0, 0.1) is 17.8 Å². The summed E-state index contributed by atoms with van der Waals surface area (Å²) in [7, 11) is 1.70. The molecule has 5 rings (SSSR count). The number of benzene rings is 1. The van der Waals surface area contributed by atoms with Crippen LogP contribution in [0.25, 0.3) is 10.9 Å². The summed E-state index contributed by atoms with van der Waals surface area (Å²) in [6.45, 7) is 2.11. The molecule has 2 fully saturated rings. The minimum Gasteiger partial charge on any atom is -0.392 e. The minimum atomic E-state index is -0.545. The van der Waals surface area contributed by atoms with Crippen molar-refractivity contribution in [1.82, 2.24) is 20.7 Å². The van der Waals surface area contributed by atoms with E-state index >= 15 is 0 Å². The molecule has 0 unspecified atom stereocenters. The van der Waals surface area contributed by atoms with Crippen LogP contribution in [0.15, 0.2) is 24.3 Å². The van der Waals surface area contributed by atoms with Crippen molar-refractivity contribution in [1.29, 1.82) is 0 Å². The Labute approximate surface area is 159 Å². The van der Waals surface area contributed by atoms with E-state index in [0.717, 1.165) is 38.8 Å². The molecule has 6 heteroatoms. The number of hydrazine groups is 1. The number of aliphatic hydroxyl groups is 1. The third kappa shape index (κ3) is 2.70. The molecule has 1 aromatic heterocycles. The number of piperidine rings is 1. The Morgan fingerprint density at radius 1 is 1.30 bits per heavy atom. The van der Waals surface area contributed by atoms with E-state index in [9.17, 15) is 9.90 Å². The van der Waals surface area contributed by atoms with Crippen LogP contribution in [-0.4, -0.2) is 47.1 Å². The first-order valence-corrected chi connectivity index (χ1v) is 10.2. The second-order valence-electron chi connectivity index (χ2n) is 8.39. The van der Waals surface area contributed by atoms with Crippen LogP contribution in [-0.2, 0) is 11.2 Å². The van der Waals surface area contributed by atoms with Crippen molar-refractivity contribution in [2.75, 3.05) is 20.1 Å². The van der Waals surface area contributed by atoms with Crippen LogP contribution in [0.3, 0.4) is 0 Å². The minimum absolute atomic E-state index is 0.0687. The van der Waals surface area contributed by atoms with Gasteiger partial charge in [0.25, 0.3) is 0 Å². The molecule has 1 aromatic carbocycles. The number of aromatic amines is 1. The van der Waals surface area contributed by atoms with Crippen molar-refractivity contribution in [2.24, 2.45) is 17.8 Å². The number of nitrogens with zero attached hydrogens (tertiary/aromatic N) is 1. The van der Waals surface area contributed by atoms with Gasteiger partial charge in [-0.1, -0.05) is 18.2 Å². The SMILES string of the molecule is CNNC(=O)[C@@H]1[C@H]2C[C@H]3c4[nH]c5ccccc5c4CCN3C[C@@H]2CC[C@@H]1O. The van der Waals surface area contributed by atoms with E-state index in [1.54, 1.807) is 7.05 Å². The van der Waals surface area contributed by atoms with E-state index in [1.165, 1.54) is 22.2 Å². The Morgan fingerprint density at radius 3 is 3.00 bits per heavy atom. The van der Waals surface area contributed by atoms with Crippen LogP contribution in [0.1, 0.15) is 36.6 Å². The van der Waals surface area contributed by atoms with Gasteiger partial charge in [-0.05, 0) is 49.1 Å². The zero-order valence-corrected chi connectivity index (χ0v) is 15.7. The molecule has 1 aliphatic carbocycles. The van der Waals surface area contributed by atoms with Crippen molar-refractivity contribution in [2.45, 2.75) is 37.8 Å². The van der Waals surface area contributed by atoms with Gasteiger partial charge in [-0.3, -0.25) is 15.1 Å². The van der Waals surface area contributed by atoms with Gasteiger partial charge in [0.15, 0.2) is 0 Å². The van der Waals surface area contributed by atoms with Crippen molar-refractivity contribution in [3.05, 3.63) is 35.5 Å². The summed E-state index contributed by atoms with van der Waals surface area (Å²) in [5.74, 6) is 0.317. The fraction of sp³-hybridized carbons (Fsp3) is 0.571. The van der Waals surface area contributed by atoms with Crippen molar-refractivity contribution >= 4 is 16.8 Å². The lowest BCUT2D eigenvalue weighted by molar-refractivity contribution is -0.140. The predicted octanol–water partition coefficient (Wildman–Crippen LogP) is 1.72. The van der Waals surface area contributed by atoms with Gasteiger partial charge in [-0.15, -0.1) is 0 Å². The van der Waals surface area contributed by atoms with E-state index in [2.05, 4.69) is 45.0 Å². The fourth-order valence-electron chi connectivity index (χ4n) is 5.91. The monoisotopic (exact) mass is 368 g/mol. The highest BCUT2D eigenvalue weighted by molar-refractivity contribution is 5.85. The van der Waals surface area contributed by atoms with E-state index in [0.29, 0.717) is 12.0 Å². The number of rotatable bonds is 2. The summed E-state index contributed by atoms with van der Waals surface area (Å²) in [5, 5.41) is 11.9. The fourth-order valence-corrected chi connectivity index (χ4v) is 5.91. The first-order chi connectivity index (χ1) is 13.2. The van der Waals surface area contributed by atoms with Crippen molar-refractivity contribution in [3.63, 3.8) is 0 Å². The molecule has 0 spiro atoms. The molecular weight excluding hydrogens is 340 g/mol. The number of H-pyrrole nitrogens is 1. The maximum absolute atomic E-state index is 12.7. The number of amides is 1. The lowest BCUT2D eigenvalue weighted by Crippen LogP contribution is -2.55. The topological polar surface area (TPSA) is 80.4 Å². The van der Waals surface area contributed by atoms with Crippen LogP contribution >= 0.6 is 0 Å². The lowest BCUT2D eigenvalue weighted by atomic mass is 9.64. The van der Waals surface area contributed by atoms with E-state index in [1.807, 2.05) is 0 Å². The normalized spacial score (nSPS) is 33.2. The van der Waals surface area contributed by atoms with Gasteiger partial charge in [0.1, 0.15) is 0 Å². The van der Waals surface area contributed by atoms with Crippen LogP contribution in [0.4, 0.5) is 0 Å². The van der Waals surface area contributed by atoms with E-state index < -0.39 is 6.10 Å². The maximum Gasteiger partial charge on any atom is 0.240 e. The van der Waals surface area contributed by atoms with Gasteiger partial charge < -0.3 is 10.1 Å². The number of hydrogen-bond donors (Lipinski definition) is 4. The average molecular weight is 368 g/mol. The summed E-state index contributed by atoms with van der Waals surface area (Å²) < 4.78 is 0. The largest absolute Gasteiger partial charge is 0.392 e. The molecule has 0 radical (unpaired) electrons. The van der Waals surface area contributed by atoms with Gasteiger partial charge >= 0.3 is 0 Å². The molecule has 1 amide bonds. The van der Waals surface area contributed by atoms with Gasteiger partial charge in [0, 0.05) is 36.7 Å². The van der Waals surface area contributed by atoms with Crippen LogP contribution in [0.5, 0.6) is 0 Å². The third-order valence-corrected chi connectivity index (χ3v) is 7.10. The highest BCUT2D eigenvalue weighted by Crippen LogP contribution is 2.49. The summed E-state index contributed by atoms with van der Waals surface area (Å²) in [5.41, 5.74) is 9.44. The van der Waals surface area contributed by atoms with Gasteiger partial charge in [-0.2, -0.15) is 0 Å². The Kier molecular flexibility index (Phi) is 4.22. The first-order valence-electron chi connectivity index (χ1n) is 10.2. The van der Waals surface area contributed by atoms with E-state index in [-0.39, 0.29) is 17.7 Å². The molecule has 27 heavy (non-hydrogen) atoms. The second-order valence-corrected chi connectivity index (χ2v) is 8.39. The average Bonchev–Trinajstić information content (AvgIpc) is 3.06. The standard InChI is InChI=1S/C21H28N4O2/c1-22-24-21(27)19-15-10-17-20-14(13-4-2-3-5-16(13)23-20)8-9-25(17)11-12(15)6-7-18(19)26/h2-5,12,15,17-19,22-23,26H,6-11H2,1H3,(H,24,27)/t12-,15-,17-,18-,19+/m0/s1. The molecular formula is C21H28N4O2. The van der Waals surface area contributed by atoms with Crippen LogP contribution < -0.4 is 10.9 Å². The molecule has 144 valence electrons. The number of fused-ring (bicyclic) bond motifs is 6. The lowest BCUT2D eigenvalue weighted by Gasteiger charge is -2.51. The molecule has 2 aliphatic heterocycles. The Balaban J connectivity index is 1.50. The molecule has 1 saturated heterocycles. The summed E-state index contributed by atoms with van der Waals surface area (Å²) in [4.78, 5) is 18.9. The van der Waals surface area contributed by atoms with Gasteiger partial charge in [-0.25, -0.2) is 5.43 Å². The summed E-state index contributed by atoms with van der Waals surface area (Å²) in [6.07, 6.45) is 3.21. The van der Waals surface area contributed by atoms with E-state index in [4.69, 9.17) is 0 Å². The highest BCUT2D eigenvalue weighted by atomic mass is 16.3. The Morgan fingerprint density at radius 2 is 2.15 bits per heavy atom. The zero-order valence-electron chi connectivity index (χ0n) is 15.7. The highest BCUT2D eigenvalue weighted by Gasteiger charge is 2.49. The molecule has 0 bridgehead atoms. The maximum atomic E-state index is 12.7. The number of carbonyl (C=O) groups is 1. The molecule has 6 nitrogen and oxygen atoms in total.